The molecule has 34 heavy (non-hydrogen) atoms. The zero-order chi connectivity index (χ0) is 23.7. The maximum atomic E-state index is 12.6. The van der Waals surface area contributed by atoms with E-state index in [1.54, 1.807) is 24.3 Å². The molecule has 0 aromatic heterocycles. The molecule has 5 aromatic rings. The van der Waals surface area contributed by atoms with Crippen LogP contribution in [0.3, 0.4) is 0 Å². The van der Waals surface area contributed by atoms with Crippen molar-refractivity contribution >= 4 is 33.5 Å². The zero-order valence-corrected chi connectivity index (χ0v) is 17.8. The normalized spacial score (nSPS) is 10.8. The molecule has 0 heterocycles. The van der Waals surface area contributed by atoms with Gasteiger partial charge in [-0.15, -0.1) is 0 Å². The molecule has 2 N–H and O–H groups in total. The van der Waals surface area contributed by atoms with E-state index in [2.05, 4.69) is 0 Å². The molecule has 0 amide bonds. The molecule has 0 radical (unpaired) electrons. The summed E-state index contributed by atoms with van der Waals surface area (Å²) in [5.74, 6) is -0.279. The average molecular weight is 450 g/mol. The van der Waals surface area contributed by atoms with Gasteiger partial charge < -0.3 is 19.7 Å². The van der Waals surface area contributed by atoms with Gasteiger partial charge in [-0.2, -0.15) is 0 Å². The molecule has 0 saturated carbocycles. The monoisotopic (exact) mass is 450 g/mol. The summed E-state index contributed by atoms with van der Waals surface area (Å²) in [7, 11) is 0. The third kappa shape index (κ3) is 4.12. The molecule has 0 bridgehead atoms. The van der Waals surface area contributed by atoms with E-state index in [1.165, 1.54) is 48.5 Å². The number of esters is 2. The molecule has 6 nitrogen and oxygen atoms in total. The number of phenols is 2. The van der Waals surface area contributed by atoms with Crippen LogP contribution < -0.4 is 9.47 Å². The number of ether oxygens (including phenoxy) is 2. The van der Waals surface area contributed by atoms with E-state index in [0.29, 0.717) is 33.4 Å². The van der Waals surface area contributed by atoms with Gasteiger partial charge in [-0.25, -0.2) is 9.59 Å². The number of rotatable bonds is 4. The summed E-state index contributed by atoms with van der Waals surface area (Å²) in [6.45, 7) is 0. The fourth-order valence-corrected chi connectivity index (χ4v) is 3.69. The molecule has 0 atom stereocenters. The van der Waals surface area contributed by atoms with E-state index in [4.69, 9.17) is 9.47 Å². The largest absolute Gasteiger partial charge is 0.508 e. The Morgan fingerprint density at radius 1 is 0.529 bits per heavy atom. The van der Waals surface area contributed by atoms with E-state index in [1.807, 2.05) is 24.3 Å². The smallest absolute Gasteiger partial charge is 0.343 e. The van der Waals surface area contributed by atoms with E-state index in [0.717, 1.165) is 10.8 Å². The molecule has 0 aliphatic rings. The highest BCUT2D eigenvalue weighted by atomic mass is 16.5. The molecule has 166 valence electrons. The molecule has 0 unspecified atom stereocenters. The Hall–Kier alpha value is -4.84. The molecule has 0 fully saturated rings. The lowest BCUT2D eigenvalue weighted by molar-refractivity contribution is 0.0728. The molecular formula is C28H18O6. The van der Waals surface area contributed by atoms with Gasteiger partial charge in [-0.3, -0.25) is 0 Å². The molecule has 0 spiro atoms. The van der Waals surface area contributed by atoms with Gasteiger partial charge >= 0.3 is 11.9 Å². The zero-order valence-electron chi connectivity index (χ0n) is 17.8. The second-order valence-corrected chi connectivity index (χ2v) is 7.68. The Labute approximate surface area is 194 Å². The van der Waals surface area contributed by atoms with Crippen LogP contribution >= 0.6 is 0 Å². The molecule has 0 aliphatic carbocycles. The van der Waals surface area contributed by atoms with E-state index >= 15 is 0 Å². The Bertz CT molecular complexity index is 1420. The first-order valence-corrected chi connectivity index (χ1v) is 10.5. The minimum atomic E-state index is -0.556. The number of hydrogen-bond acceptors (Lipinski definition) is 6. The minimum Gasteiger partial charge on any atom is -0.508 e. The average Bonchev–Trinajstić information content (AvgIpc) is 2.84. The summed E-state index contributed by atoms with van der Waals surface area (Å²) in [6.07, 6.45) is 0. The quantitative estimate of drug-likeness (QED) is 0.203. The molecule has 0 saturated heterocycles. The van der Waals surface area contributed by atoms with Crippen LogP contribution in [0.2, 0.25) is 0 Å². The minimum absolute atomic E-state index is 0.0579. The Morgan fingerprint density at radius 2 is 0.941 bits per heavy atom. The van der Waals surface area contributed by atoms with Crippen molar-refractivity contribution in [2.24, 2.45) is 0 Å². The SMILES string of the molecule is O=C(Oc1cccc2cc3cccc(OC(=O)c4ccc(O)cc4)c3cc12)c1ccc(O)cc1. The van der Waals surface area contributed by atoms with Crippen LogP contribution in [0.25, 0.3) is 21.5 Å². The highest BCUT2D eigenvalue weighted by Gasteiger charge is 2.15. The number of phenolic OH excluding ortho intramolecular Hbond substituents is 2. The molecular weight excluding hydrogens is 432 g/mol. The second kappa shape index (κ2) is 8.60. The van der Waals surface area contributed by atoms with E-state index in [9.17, 15) is 19.8 Å². The van der Waals surface area contributed by atoms with Crippen molar-refractivity contribution in [1.29, 1.82) is 0 Å². The van der Waals surface area contributed by atoms with Crippen molar-refractivity contribution in [3.05, 3.63) is 108 Å². The topological polar surface area (TPSA) is 93.1 Å². The Balaban J connectivity index is 1.52. The van der Waals surface area contributed by atoms with Gasteiger partial charge in [0.2, 0.25) is 0 Å². The van der Waals surface area contributed by atoms with Gasteiger partial charge in [0.15, 0.2) is 0 Å². The molecule has 5 aromatic carbocycles. The van der Waals surface area contributed by atoms with Gasteiger partial charge in [-0.05, 0) is 83.6 Å². The second-order valence-electron chi connectivity index (χ2n) is 7.68. The van der Waals surface area contributed by atoms with Crippen LogP contribution in [0.5, 0.6) is 23.0 Å². The summed E-state index contributed by atoms with van der Waals surface area (Å²) < 4.78 is 11.3. The highest BCUT2D eigenvalue weighted by molar-refractivity contribution is 6.05. The number of carbonyl (C=O) groups excluding carboxylic acids is 2. The summed E-state index contributed by atoms with van der Waals surface area (Å²) >= 11 is 0. The van der Waals surface area contributed by atoms with Crippen molar-refractivity contribution in [3.8, 4) is 23.0 Å². The van der Waals surface area contributed by atoms with Crippen LogP contribution in [0.1, 0.15) is 20.7 Å². The standard InChI is InChI=1S/C28H18O6/c29-21-11-7-17(8-12-21)27(31)33-25-5-1-3-19-15-20-4-2-6-26(24(20)16-23(19)25)34-28(32)18-9-13-22(30)14-10-18/h1-16,29-30H. The number of aromatic hydroxyl groups is 2. The van der Waals surface area contributed by atoms with Crippen molar-refractivity contribution < 1.29 is 29.3 Å². The fourth-order valence-electron chi connectivity index (χ4n) is 3.69. The maximum absolute atomic E-state index is 12.6. The summed E-state index contributed by atoms with van der Waals surface area (Å²) in [5, 5.41) is 21.9. The fraction of sp³-hybridized carbons (Fsp3) is 0. The third-order valence-corrected chi connectivity index (χ3v) is 5.41. The lowest BCUT2D eigenvalue weighted by Gasteiger charge is -2.12. The van der Waals surface area contributed by atoms with Gasteiger partial charge in [-0.1, -0.05) is 24.3 Å². The van der Waals surface area contributed by atoms with Crippen LogP contribution in [0.15, 0.2) is 97.1 Å². The number of benzene rings is 5. The van der Waals surface area contributed by atoms with Gasteiger partial charge in [0.05, 0.1) is 11.1 Å². The van der Waals surface area contributed by atoms with Crippen molar-refractivity contribution in [2.45, 2.75) is 0 Å². The Kier molecular flexibility index (Phi) is 5.32. The maximum Gasteiger partial charge on any atom is 0.343 e. The van der Waals surface area contributed by atoms with Crippen molar-refractivity contribution in [2.75, 3.05) is 0 Å². The van der Waals surface area contributed by atoms with Crippen LogP contribution in [0, 0.1) is 0 Å². The molecule has 0 aliphatic heterocycles. The van der Waals surface area contributed by atoms with E-state index < -0.39 is 11.9 Å². The van der Waals surface area contributed by atoms with Gasteiger partial charge in [0, 0.05) is 10.8 Å². The summed E-state index contributed by atoms with van der Waals surface area (Å²) in [6, 6.07) is 26.2. The number of hydrogen-bond donors (Lipinski definition) is 2. The number of fused-ring (bicyclic) bond motifs is 2. The summed E-state index contributed by atoms with van der Waals surface area (Å²) in [5.41, 5.74) is 0.609. The summed E-state index contributed by atoms with van der Waals surface area (Å²) in [4.78, 5) is 25.3. The molecule has 5 rings (SSSR count). The van der Waals surface area contributed by atoms with Gasteiger partial charge in [0.1, 0.15) is 23.0 Å². The van der Waals surface area contributed by atoms with Crippen molar-refractivity contribution in [3.63, 3.8) is 0 Å². The van der Waals surface area contributed by atoms with Crippen LogP contribution in [0.4, 0.5) is 0 Å². The van der Waals surface area contributed by atoms with Crippen LogP contribution in [-0.2, 0) is 0 Å². The first-order valence-electron chi connectivity index (χ1n) is 10.5. The Morgan fingerprint density at radius 3 is 1.35 bits per heavy atom. The van der Waals surface area contributed by atoms with Crippen molar-refractivity contribution in [1.82, 2.24) is 0 Å². The predicted octanol–water partition coefficient (Wildman–Crippen LogP) is 5.84. The highest BCUT2D eigenvalue weighted by Crippen LogP contribution is 2.35. The lowest BCUT2D eigenvalue weighted by Crippen LogP contribution is -2.09. The van der Waals surface area contributed by atoms with Crippen LogP contribution in [-0.4, -0.2) is 22.2 Å². The van der Waals surface area contributed by atoms with E-state index in [-0.39, 0.29) is 11.5 Å². The first-order chi connectivity index (χ1) is 16.5. The third-order valence-electron chi connectivity index (χ3n) is 5.41. The lowest BCUT2D eigenvalue weighted by atomic mass is 10.0. The predicted molar refractivity (Wildman–Crippen MR) is 128 cm³/mol. The molecule has 6 heteroatoms. The number of carbonyl (C=O) groups is 2. The first kappa shape index (κ1) is 21.0. The van der Waals surface area contributed by atoms with Gasteiger partial charge in [0.25, 0.3) is 0 Å².